The highest BCUT2D eigenvalue weighted by Crippen LogP contribution is 2.38. The number of nitrogen functional groups attached to an aromatic ring is 1. The van der Waals surface area contributed by atoms with Gasteiger partial charge in [-0.15, -0.1) is 0 Å². The van der Waals surface area contributed by atoms with Crippen molar-refractivity contribution in [1.29, 1.82) is 0 Å². The van der Waals surface area contributed by atoms with Crippen LogP contribution < -0.4 is 20.9 Å². The summed E-state index contributed by atoms with van der Waals surface area (Å²) in [5.74, 6) is -2.64. The third-order valence-electron chi connectivity index (χ3n) is 7.56. The number of halogens is 5. The third kappa shape index (κ3) is 6.09. The lowest BCUT2D eigenvalue weighted by molar-refractivity contribution is -0.138. The molecule has 2 fully saturated rings. The molecule has 0 aliphatic carbocycles. The van der Waals surface area contributed by atoms with Gasteiger partial charge in [0, 0.05) is 62.3 Å². The number of aromatic nitrogens is 2. The summed E-state index contributed by atoms with van der Waals surface area (Å²) in [5.41, 5.74) is 3.28. The highest BCUT2D eigenvalue weighted by atomic mass is 19.4. The third-order valence-corrected chi connectivity index (χ3v) is 7.56. The second-order valence-electron chi connectivity index (χ2n) is 10.4. The van der Waals surface area contributed by atoms with Crippen molar-refractivity contribution < 1.29 is 31.5 Å². The molecule has 2 saturated heterocycles. The number of nitrogens with one attached hydrogen (secondary N) is 1. The highest BCUT2D eigenvalue weighted by molar-refractivity contribution is 6.08. The maximum absolute atomic E-state index is 15.6. The molecule has 5 rings (SSSR count). The molecule has 1 amide bonds. The number of benzene rings is 2. The average molecular weight is 592 g/mol. The van der Waals surface area contributed by atoms with E-state index < -0.39 is 40.5 Å². The molecule has 3 heterocycles. The Hall–Kier alpha value is -4.04. The van der Waals surface area contributed by atoms with Gasteiger partial charge in [-0.3, -0.25) is 4.79 Å². The van der Waals surface area contributed by atoms with E-state index in [1.54, 1.807) is 0 Å². The Labute approximate surface area is 239 Å². The number of amides is 1. The molecule has 1 aromatic heterocycles. The van der Waals surface area contributed by atoms with Gasteiger partial charge in [-0.1, -0.05) is 0 Å². The molecular formula is C28H30F5N7O2. The van der Waals surface area contributed by atoms with Crippen LogP contribution in [0.5, 0.6) is 0 Å². The van der Waals surface area contributed by atoms with Crippen LogP contribution in [-0.4, -0.2) is 79.8 Å². The molecule has 1 atom stereocenters. The van der Waals surface area contributed by atoms with Gasteiger partial charge in [0.25, 0.3) is 5.91 Å². The lowest BCUT2D eigenvalue weighted by Gasteiger charge is -2.39. The molecule has 2 aliphatic heterocycles. The molecular weight excluding hydrogens is 561 g/mol. The number of nitrogens with zero attached hydrogens (tertiary/aromatic N) is 5. The van der Waals surface area contributed by atoms with Gasteiger partial charge in [-0.05, 0) is 38.2 Å². The molecule has 14 heteroatoms. The average Bonchev–Trinajstić information content (AvgIpc) is 2.96. The molecule has 42 heavy (non-hydrogen) atoms. The topological polar surface area (TPSA) is 99.8 Å². The largest absolute Gasteiger partial charge is 0.417 e. The Morgan fingerprint density at radius 2 is 1.69 bits per heavy atom. The van der Waals surface area contributed by atoms with Crippen LogP contribution >= 0.6 is 0 Å². The minimum atomic E-state index is -5.02. The first-order valence-electron chi connectivity index (χ1n) is 13.3. The van der Waals surface area contributed by atoms with Gasteiger partial charge >= 0.3 is 6.18 Å². The van der Waals surface area contributed by atoms with Gasteiger partial charge < -0.3 is 30.5 Å². The van der Waals surface area contributed by atoms with E-state index in [-0.39, 0.29) is 23.4 Å². The molecule has 224 valence electrons. The normalized spacial score (nSPS) is 18.3. The highest BCUT2D eigenvalue weighted by Gasteiger charge is 2.37. The smallest absolute Gasteiger partial charge is 0.396 e. The van der Waals surface area contributed by atoms with Crippen molar-refractivity contribution in [3.63, 3.8) is 0 Å². The van der Waals surface area contributed by atoms with Crippen LogP contribution in [0.15, 0.2) is 36.7 Å². The Morgan fingerprint density at radius 3 is 2.33 bits per heavy atom. The van der Waals surface area contributed by atoms with Gasteiger partial charge in [0.15, 0.2) is 0 Å². The fraction of sp³-hybridized carbons (Fsp3) is 0.393. The van der Waals surface area contributed by atoms with E-state index in [4.69, 9.17) is 10.5 Å². The number of hydrogen-bond acceptors (Lipinski definition) is 8. The van der Waals surface area contributed by atoms with Gasteiger partial charge in [-0.25, -0.2) is 18.7 Å². The van der Waals surface area contributed by atoms with Gasteiger partial charge in [0.2, 0.25) is 5.95 Å². The van der Waals surface area contributed by atoms with E-state index in [9.17, 15) is 22.4 Å². The number of likely N-dealkylation sites (N-methyl/N-ethyl adjacent to an activating group) is 1. The first-order valence-corrected chi connectivity index (χ1v) is 13.3. The zero-order valence-electron chi connectivity index (χ0n) is 23.0. The summed E-state index contributed by atoms with van der Waals surface area (Å²) in [6, 6.07) is 3.51. The summed E-state index contributed by atoms with van der Waals surface area (Å²) in [4.78, 5) is 27.9. The minimum Gasteiger partial charge on any atom is -0.396 e. The number of anilines is 4. The second kappa shape index (κ2) is 11.7. The van der Waals surface area contributed by atoms with Crippen molar-refractivity contribution in [1.82, 2.24) is 14.9 Å². The zero-order valence-corrected chi connectivity index (χ0v) is 23.0. The standard InChI is InChI=1S/C28H30F5N7O2/c1-16-15-40(4-3-38(16)2)25-12-21(29)18(17-13-35-27(36-14-17)39-5-7-42-8-6-39)10-24(25)37-26(41)19-9-23(34)22(30)11-20(19)28(31,32)33/h9-14,16H,3-8,15,34H2,1-2H3,(H,37,41)/t16-/m1/s1. The van der Waals surface area contributed by atoms with Crippen molar-refractivity contribution in [2.75, 3.05) is 73.8 Å². The van der Waals surface area contributed by atoms with Crippen LogP contribution in [0.2, 0.25) is 0 Å². The summed E-state index contributed by atoms with van der Waals surface area (Å²) in [6.07, 6.45) is -2.13. The molecule has 0 radical (unpaired) electrons. The van der Waals surface area contributed by atoms with Crippen LogP contribution in [0.1, 0.15) is 22.8 Å². The zero-order chi connectivity index (χ0) is 30.2. The van der Waals surface area contributed by atoms with E-state index in [1.807, 2.05) is 23.8 Å². The number of piperazine rings is 1. The first-order chi connectivity index (χ1) is 19.9. The number of hydrogen-bond donors (Lipinski definition) is 2. The molecule has 9 nitrogen and oxygen atoms in total. The molecule has 0 saturated carbocycles. The summed E-state index contributed by atoms with van der Waals surface area (Å²) >= 11 is 0. The molecule has 0 bridgehead atoms. The fourth-order valence-electron chi connectivity index (χ4n) is 5.00. The summed E-state index contributed by atoms with van der Waals surface area (Å²) < 4.78 is 76.2. The fourth-order valence-corrected chi connectivity index (χ4v) is 5.00. The lowest BCUT2D eigenvalue weighted by atomic mass is 10.0. The number of carbonyl (C=O) groups is 1. The van der Waals surface area contributed by atoms with E-state index >= 15 is 4.39 Å². The van der Waals surface area contributed by atoms with Crippen molar-refractivity contribution in [2.24, 2.45) is 0 Å². The lowest BCUT2D eigenvalue weighted by Crippen LogP contribution is -2.50. The Morgan fingerprint density at radius 1 is 1.00 bits per heavy atom. The molecule has 2 aromatic carbocycles. The summed E-state index contributed by atoms with van der Waals surface area (Å²) in [5, 5.41) is 2.51. The van der Waals surface area contributed by atoms with Crippen LogP contribution in [-0.2, 0) is 10.9 Å². The molecule has 0 spiro atoms. The van der Waals surface area contributed by atoms with Crippen molar-refractivity contribution >= 4 is 28.9 Å². The quantitative estimate of drug-likeness (QED) is 0.336. The van der Waals surface area contributed by atoms with Crippen molar-refractivity contribution in [3.8, 4) is 11.1 Å². The first kappa shape index (κ1) is 29.5. The molecule has 3 aromatic rings. The predicted molar refractivity (Wildman–Crippen MR) is 149 cm³/mol. The number of morpholine rings is 1. The number of alkyl halides is 3. The molecule has 2 aliphatic rings. The van der Waals surface area contributed by atoms with Crippen LogP contribution in [0, 0.1) is 11.6 Å². The van der Waals surface area contributed by atoms with Crippen LogP contribution in [0.25, 0.3) is 11.1 Å². The van der Waals surface area contributed by atoms with E-state index in [0.29, 0.717) is 69.2 Å². The van der Waals surface area contributed by atoms with Gasteiger partial charge in [0.1, 0.15) is 11.6 Å². The van der Waals surface area contributed by atoms with E-state index in [1.165, 1.54) is 24.5 Å². The van der Waals surface area contributed by atoms with E-state index in [0.717, 1.165) is 0 Å². The Balaban J connectivity index is 1.54. The summed E-state index contributed by atoms with van der Waals surface area (Å²) in [7, 11) is 1.95. The minimum absolute atomic E-state index is 0.0411. The maximum Gasteiger partial charge on any atom is 0.417 e. The van der Waals surface area contributed by atoms with Gasteiger partial charge in [0.05, 0.1) is 41.4 Å². The SMILES string of the molecule is C[C@@H]1CN(c2cc(F)c(-c3cnc(N4CCOCC4)nc3)cc2NC(=O)c2cc(N)c(F)cc2C(F)(F)F)CCN1C. The number of nitrogens with two attached hydrogens (primary N) is 1. The van der Waals surface area contributed by atoms with Crippen molar-refractivity contribution in [2.45, 2.75) is 19.1 Å². The summed E-state index contributed by atoms with van der Waals surface area (Å²) in [6.45, 7) is 5.87. The Kier molecular flexibility index (Phi) is 8.19. The van der Waals surface area contributed by atoms with Gasteiger partial charge in [-0.2, -0.15) is 13.2 Å². The Bertz CT molecular complexity index is 1460. The second-order valence-corrected chi connectivity index (χ2v) is 10.4. The monoisotopic (exact) mass is 591 g/mol. The number of ether oxygens (including phenoxy) is 1. The molecule has 0 unspecified atom stereocenters. The van der Waals surface area contributed by atoms with Crippen LogP contribution in [0.3, 0.4) is 0 Å². The number of carbonyl (C=O) groups excluding carboxylic acids is 1. The molecule has 3 N–H and O–H groups in total. The van der Waals surface area contributed by atoms with E-state index in [2.05, 4.69) is 20.2 Å². The van der Waals surface area contributed by atoms with Crippen LogP contribution in [0.4, 0.5) is 45.0 Å². The number of rotatable bonds is 5. The maximum atomic E-state index is 15.6. The van der Waals surface area contributed by atoms with Crippen molar-refractivity contribution in [3.05, 3.63) is 59.4 Å². The predicted octanol–water partition coefficient (Wildman–Crippen LogP) is 4.25.